The number of carbonyl (C=O) groups is 1. The molecule has 0 aromatic rings. The molecule has 1 aliphatic heterocycles. The average molecular weight is 214 g/mol. The maximum absolute atomic E-state index is 11.3. The average Bonchev–Trinajstić information content (AvgIpc) is 2.12. The van der Waals surface area contributed by atoms with E-state index < -0.39 is 5.60 Å². The Morgan fingerprint density at radius 2 is 2.07 bits per heavy atom. The number of hydrogen-bond donors (Lipinski definition) is 2. The van der Waals surface area contributed by atoms with Crippen LogP contribution in [0.3, 0.4) is 0 Å². The van der Waals surface area contributed by atoms with Crippen molar-refractivity contribution >= 4 is 5.91 Å². The van der Waals surface area contributed by atoms with Crippen LogP contribution in [0.15, 0.2) is 0 Å². The van der Waals surface area contributed by atoms with Crippen LogP contribution in [0, 0.1) is 0 Å². The molecule has 2 N–H and O–H groups in total. The van der Waals surface area contributed by atoms with Crippen molar-refractivity contribution in [2.45, 2.75) is 38.7 Å². The van der Waals surface area contributed by atoms with Gasteiger partial charge in [-0.1, -0.05) is 20.3 Å². The van der Waals surface area contributed by atoms with Gasteiger partial charge in [-0.25, -0.2) is 0 Å². The molecule has 4 heteroatoms. The zero-order chi connectivity index (χ0) is 11.3. The van der Waals surface area contributed by atoms with Gasteiger partial charge in [0.2, 0.25) is 5.91 Å². The molecule has 1 saturated heterocycles. The highest BCUT2D eigenvalue weighted by molar-refractivity contribution is 5.78. The molecule has 0 atom stereocenters. The number of nitrogens with one attached hydrogen (secondary N) is 1. The van der Waals surface area contributed by atoms with Crippen molar-refractivity contribution in [2.75, 3.05) is 26.2 Å². The van der Waals surface area contributed by atoms with E-state index in [1.807, 2.05) is 11.8 Å². The molecule has 0 radical (unpaired) electrons. The number of amides is 1. The van der Waals surface area contributed by atoms with Crippen LogP contribution in [0.1, 0.15) is 33.1 Å². The molecule has 0 saturated carbocycles. The molecule has 0 aliphatic carbocycles. The van der Waals surface area contributed by atoms with Gasteiger partial charge in [0.05, 0.1) is 12.1 Å². The second-order valence-electron chi connectivity index (χ2n) is 4.47. The molecule has 4 nitrogen and oxygen atoms in total. The van der Waals surface area contributed by atoms with E-state index in [-0.39, 0.29) is 5.91 Å². The molecule has 1 amide bonds. The van der Waals surface area contributed by atoms with E-state index in [0.717, 1.165) is 25.8 Å². The van der Waals surface area contributed by atoms with Crippen molar-refractivity contribution in [3.8, 4) is 0 Å². The molecule has 1 aliphatic rings. The zero-order valence-electron chi connectivity index (χ0n) is 9.75. The van der Waals surface area contributed by atoms with E-state index >= 15 is 0 Å². The molecule has 0 aromatic heterocycles. The third-order valence-corrected chi connectivity index (χ3v) is 2.69. The summed E-state index contributed by atoms with van der Waals surface area (Å²) in [5.41, 5.74) is -0.528. The van der Waals surface area contributed by atoms with Gasteiger partial charge in [0.25, 0.3) is 0 Å². The van der Waals surface area contributed by atoms with Crippen LogP contribution in [-0.2, 0) is 4.79 Å². The lowest BCUT2D eigenvalue weighted by Gasteiger charge is -2.46. The molecule has 15 heavy (non-hydrogen) atoms. The fourth-order valence-electron chi connectivity index (χ4n) is 2.04. The Labute approximate surface area is 91.6 Å². The largest absolute Gasteiger partial charge is 0.387 e. The molecule has 0 spiro atoms. The van der Waals surface area contributed by atoms with E-state index in [1.54, 1.807) is 0 Å². The first-order valence-corrected chi connectivity index (χ1v) is 5.81. The summed E-state index contributed by atoms with van der Waals surface area (Å²) >= 11 is 0. The maximum atomic E-state index is 11.3. The maximum Gasteiger partial charge on any atom is 0.234 e. The van der Waals surface area contributed by atoms with E-state index in [9.17, 15) is 9.90 Å². The molecule has 1 rings (SSSR count). The summed E-state index contributed by atoms with van der Waals surface area (Å²) in [5, 5.41) is 12.7. The summed E-state index contributed by atoms with van der Waals surface area (Å²) in [6.07, 6.45) is 2.79. The van der Waals surface area contributed by atoms with Crippen LogP contribution in [0.4, 0.5) is 0 Å². The SMILES string of the molecule is CCCNC(=O)CN1CC(O)(CCC)C1. The molecular formula is C11H22N2O2. The fourth-order valence-corrected chi connectivity index (χ4v) is 2.04. The molecule has 0 unspecified atom stereocenters. The van der Waals surface area contributed by atoms with Crippen LogP contribution in [0.25, 0.3) is 0 Å². The highest BCUT2D eigenvalue weighted by atomic mass is 16.3. The predicted molar refractivity (Wildman–Crippen MR) is 59.6 cm³/mol. The van der Waals surface area contributed by atoms with Crippen molar-refractivity contribution in [1.82, 2.24) is 10.2 Å². The Morgan fingerprint density at radius 3 is 2.60 bits per heavy atom. The van der Waals surface area contributed by atoms with Gasteiger partial charge in [-0.3, -0.25) is 9.69 Å². The first-order valence-electron chi connectivity index (χ1n) is 5.81. The van der Waals surface area contributed by atoms with E-state index in [0.29, 0.717) is 19.6 Å². The number of likely N-dealkylation sites (tertiary alicyclic amines) is 1. The minimum Gasteiger partial charge on any atom is -0.387 e. The smallest absolute Gasteiger partial charge is 0.234 e. The molecular weight excluding hydrogens is 192 g/mol. The van der Waals surface area contributed by atoms with Crippen LogP contribution in [0.2, 0.25) is 0 Å². The summed E-state index contributed by atoms with van der Waals surface area (Å²) in [5.74, 6) is 0.0652. The van der Waals surface area contributed by atoms with E-state index in [1.165, 1.54) is 0 Å². The van der Waals surface area contributed by atoms with Gasteiger partial charge in [-0.05, 0) is 12.8 Å². The highest BCUT2D eigenvalue weighted by Crippen LogP contribution is 2.24. The standard InChI is InChI=1S/C11H22N2O2/c1-3-5-11(15)8-13(9-11)7-10(14)12-6-4-2/h15H,3-9H2,1-2H3,(H,12,14). The Kier molecular flexibility index (Phi) is 4.54. The molecule has 1 heterocycles. The van der Waals surface area contributed by atoms with Crippen LogP contribution < -0.4 is 5.32 Å². The van der Waals surface area contributed by atoms with Gasteiger partial charge in [0.15, 0.2) is 0 Å². The summed E-state index contributed by atoms with van der Waals surface area (Å²) in [6, 6.07) is 0. The lowest BCUT2D eigenvalue weighted by atomic mass is 9.89. The number of nitrogens with zero attached hydrogens (tertiary/aromatic N) is 1. The molecule has 88 valence electrons. The number of aliphatic hydroxyl groups is 1. The van der Waals surface area contributed by atoms with Gasteiger partial charge in [-0.2, -0.15) is 0 Å². The number of β-amino-alcohol motifs (C(OH)–C–C–N with tert-alkyl or cyclic N) is 1. The Balaban J connectivity index is 2.14. The normalized spacial score (nSPS) is 19.7. The Morgan fingerprint density at radius 1 is 1.40 bits per heavy atom. The van der Waals surface area contributed by atoms with E-state index in [4.69, 9.17) is 0 Å². The minimum atomic E-state index is -0.528. The van der Waals surface area contributed by atoms with Crippen LogP contribution in [0.5, 0.6) is 0 Å². The lowest BCUT2D eigenvalue weighted by molar-refractivity contribution is -0.133. The van der Waals surface area contributed by atoms with Gasteiger partial charge in [0.1, 0.15) is 0 Å². The van der Waals surface area contributed by atoms with Crippen molar-refractivity contribution in [1.29, 1.82) is 0 Å². The van der Waals surface area contributed by atoms with Crippen molar-refractivity contribution in [2.24, 2.45) is 0 Å². The fraction of sp³-hybridized carbons (Fsp3) is 0.909. The lowest BCUT2D eigenvalue weighted by Crippen LogP contribution is -2.63. The summed E-state index contributed by atoms with van der Waals surface area (Å²) in [7, 11) is 0. The first-order chi connectivity index (χ1) is 7.09. The number of hydrogen-bond acceptors (Lipinski definition) is 3. The van der Waals surface area contributed by atoms with Crippen molar-refractivity contribution in [3.63, 3.8) is 0 Å². The van der Waals surface area contributed by atoms with Crippen molar-refractivity contribution < 1.29 is 9.90 Å². The summed E-state index contributed by atoms with van der Waals surface area (Å²) in [4.78, 5) is 13.3. The third-order valence-electron chi connectivity index (χ3n) is 2.69. The summed E-state index contributed by atoms with van der Waals surface area (Å²) in [6.45, 7) is 6.54. The summed E-state index contributed by atoms with van der Waals surface area (Å²) < 4.78 is 0. The van der Waals surface area contributed by atoms with Gasteiger partial charge in [0, 0.05) is 19.6 Å². The first kappa shape index (κ1) is 12.5. The van der Waals surface area contributed by atoms with Crippen LogP contribution in [-0.4, -0.2) is 47.7 Å². The topological polar surface area (TPSA) is 52.6 Å². The van der Waals surface area contributed by atoms with Crippen LogP contribution >= 0.6 is 0 Å². The molecule has 0 bridgehead atoms. The second kappa shape index (κ2) is 5.47. The van der Waals surface area contributed by atoms with Gasteiger partial charge >= 0.3 is 0 Å². The van der Waals surface area contributed by atoms with Gasteiger partial charge < -0.3 is 10.4 Å². The number of rotatable bonds is 6. The Bertz CT molecular complexity index is 213. The van der Waals surface area contributed by atoms with Crippen molar-refractivity contribution in [3.05, 3.63) is 0 Å². The highest BCUT2D eigenvalue weighted by Gasteiger charge is 2.40. The Hall–Kier alpha value is -0.610. The third kappa shape index (κ3) is 3.80. The molecule has 0 aromatic carbocycles. The second-order valence-corrected chi connectivity index (χ2v) is 4.47. The number of carbonyl (C=O) groups excluding carboxylic acids is 1. The quantitative estimate of drug-likeness (QED) is 0.671. The zero-order valence-corrected chi connectivity index (χ0v) is 9.75. The molecule has 1 fully saturated rings. The van der Waals surface area contributed by atoms with Gasteiger partial charge in [-0.15, -0.1) is 0 Å². The van der Waals surface area contributed by atoms with E-state index in [2.05, 4.69) is 12.2 Å². The monoisotopic (exact) mass is 214 g/mol. The minimum absolute atomic E-state index is 0.0652. The predicted octanol–water partition coefficient (Wildman–Crippen LogP) is 0.359.